The molecule has 0 unspecified atom stereocenters. The number of nitrogens with one attached hydrogen (secondary N) is 1. The zero-order valence-corrected chi connectivity index (χ0v) is 19.2. The lowest BCUT2D eigenvalue weighted by molar-refractivity contribution is -0.0756. The third-order valence-electron chi connectivity index (χ3n) is 5.55. The van der Waals surface area contributed by atoms with Gasteiger partial charge in [0.25, 0.3) is 5.91 Å². The molecule has 0 aliphatic rings. The Labute approximate surface area is 197 Å². The Morgan fingerprint density at radius 3 is 2.29 bits per heavy atom. The van der Waals surface area contributed by atoms with Gasteiger partial charge in [0, 0.05) is 34.6 Å². The van der Waals surface area contributed by atoms with E-state index in [0.717, 1.165) is 27.1 Å². The van der Waals surface area contributed by atoms with Crippen LogP contribution >= 0.6 is 0 Å². The number of fused-ring (bicyclic) bond motifs is 1. The van der Waals surface area contributed by atoms with E-state index in [1.807, 2.05) is 48.5 Å². The molecule has 0 spiro atoms. The van der Waals surface area contributed by atoms with Gasteiger partial charge in [-0.25, -0.2) is 10.1 Å². The predicted molar refractivity (Wildman–Crippen MR) is 133 cm³/mol. The molecule has 0 fully saturated rings. The van der Waals surface area contributed by atoms with E-state index in [4.69, 9.17) is 14.6 Å². The lowest BCUT2D eigenvalue weighted by Crippen LogP contribution is -2.25. The number of carbonyl (C=O) groups excluding carboxylic acids is 1. The van der Waals surface area contributed by atoms with E-state index in [1.54, 1.807) is 38.4 Å². The first-order chi connectivity index (χ1) is 16.4. The Hall–Kier alpha value is -4.36. The van der Waals surface area contributed by atoms with Gasteiger partial charge in [0.15, 0.2) is 5.88 Å². The number of hydrogen-bond acceptors (Lipinski definition) is 5. The van der Waals surface area contributed by atoms with Crippen molar-refractivity contribution in [3.8, 4) is 5.88 Å². The van der Waals surface area contributed by atoms with Crippen molar-refractivity contribution in [2.24, 2.45) is 4.99 Å². The summed E-state index contributed by atoms with van der Waals surface area (Å²) >= 11 is 0. The number of amides is 1. The number of rotatable bonds is 7. The van der Waals surface area contributed by atoms with E-state index in [9.17, 15) is 9.90 Å². The van der Waals surface area contributed by atoms with Crippen LogP contribution in [-0.4, -0.2) is 48.0 Å². The molecule has 0 atom stereocenters. The molecule has 1 aromatic heterocycles. The zero-order chi connectivity index (χ0) is 24.2. The maximum Gasteiger partial charge on any atom is 0.277 e. The number of carbonyl (C=O) groups is 1. The minimum absolute atomic E-state index is 0.00583. The van der Waals surface area contributed by atoms with Crippen molar-refractivity contribution < 1.29 is 19.5 Å². The maximum absolute atomic E-state index is 12.3. The number of aromatic hydroxyl groups is 1. The van der Waals surface area contributed by atoms with Crippen molar-refractivity contribution in [2.45, 2.75) is 0 Å². The maximum atomic E-state index is 12.3. The number of benzene rings is 3. The molecule has 0 aliphatic carbocycles. The van der Waals surface area contributed by atoms with Crippen LogP contribution in [0.4, 0.5) is 5.69 Å². The molecular weight excluding hydrogens is 430 g/mol. The highest BCUT2D eigenvalue weighted by Gasteiger charge is 2.19. The summed E-state index contributed by atoms with van der Waals surface area (Å²) < 4.78 is 5.24. The fourth-order valence-electron chi connectivity index (χ4n) is 3.65. The number of aliphatic imine (C=N–C) groups is 1. The van der Waals surface area contributed by atoms with Crippen LogP contribution in [0.3, 0.4) is 0 Å². The largest absolute Gasteiger partial charge is 0.497 e. The quantitative estimate of drug-likeness (QED) is 0.225. The molecule has 7 nitrogen and oxygen atoms in total. The van der Waals surface area contributed by atoms with Crippen LogP contribution < -0.4 is 0 Å². The lowest BCUT2D eigenvalue weighted by atomic mass is 10.00. The van der Waals surface area contributed by atoms with Crippen LogP contribution in [0.2, 0.25) is 0 Å². The second-order valence-corrected chi connectivity index (χ2v) is 7.59. The summed E-state index contributed by atoms with van der Waals surface area (Å²) in [6, 6.07) is 22.2. The van der Waals surface area contributed by atoms with E-state index in [0.29, 0.717) is 28.3 Å². The Balaban J connectivity index is 1.83. The smallest absolute Gasteiger partial charge is 0.277 e. The first kappa shape index (κ1) is 22.8. The number of ether oxygens (including phenoxy) is 1. The van der Waals surface area contributed by atoms with Crippen LogP contribution in [0.15, 0.2) is 84.4 Å². The molecular formula is C27H25N3O4. The van der Waals surface area contributed by atoms with E-state index in [-0.39, 0.29) is 11.8 Å². The molecule has 1 amide bonds. The first-order valence-electron chi connectivity index (χ1n) is 10.6. The number of aromatic nitrogens is 1. The zero-order valence-electron chi connectivity index (χ0n) is 19.2. The van der Waals surface area contributed by atoms with Crippen molar-refractivity contribution in [1.82, 2.24) is 10.0 Å². The molecule has 2 N–H and O–H groups in total. The fraction of sp³-hybridized carbons (Fsp3) is 0.111. The topological polar surface area (TPSA) is 87.2 Å². The van der Waals surface area contributed by atoms with Crippen molar-refractivity contribution in [1.29, 1.82) is 0 Å². The summed E-state index contributed by atoms with van der Waals surface area (Å²) in [4.78, 5) is 25.2. The lowest BCUT2D eigenvalue weighted by Gasteiger charge is -2.13. The normalized spacial score (nSPS) is 11.4. The highest BCUT2D eigenvalue weighted by molar-refractivity contribution is 6.22. The highest BCUT2D eigenvalue weighted by Crippen LogP contribution is 2.33. The van der Waals surface area contributed by atoms with Gasteiger partial charge in [0.1, 0.15) is 5.76 Å². The van der Waals surface area contributed by atoms with Gasteiger partial charge < -0.3 is 14.8 Å². The van der Waals surface area contributed by atoms with Gasteiger partial charge in [-0.05, 0) is 30.3 Å². The molecule has 0 radical (unpaired) electrons. The number of methoxy groups -OCH3 is 1. The Morgan fingerprint density at radius 1 is 0.971 bits per heavy atom. The average molecular weight is 456 g/mol. The monoisotopic (exact) mass is 455 g/mol. The summed E-state index contributed by atoms with van der Waals surface area (Å²) in [6.07, 6.45) is 0. The Bertz CT molecular complexity index is 1370. The molecule has 1 heterocycles. The third-order valence-corrected chi connectivity index (χ3v) is 5.55. The summed E-state index contributed by atoms with van der Waals surface area (Å²) in [5.41, 5.74) is 4.66. The van der Waals surface area contributed by atoms with Gasteiger partial charge in [0.2, 0.25) is 0 Å². The van der Waals surface area contributed by atoms with Crippen molar-refractivity contribution in [2.75, 3.05) is 21.3 Å². The van der Waals surface area contributed by atoms with Crippen LogP contribution in [0, 0.1) is 0 Å². The summed E-state index contributed by atoms with van der Waals surface area (Å²) in [6.45, 7) is 3.90. The number of H-pyrrole nitrogens is 1. The number of nitrogens with zero attached hydrogens (tertiary/aromatic N) is 2. The molecule has 4 aromatic rings. The van der Waals surface area contributed by atoms with Crippen molar-refractivity contribution in [3.63, 3.8) is 0 Å². The molecule has 0 aliphatic heterocycles. The third kappa shape index (κ3) is 4.42. The first-order valence-corrected chi connectivity index (χ1v) is 10.6. The van der Waals surface area contributed by atoms with Crippen molar-refractivity contribution in [3.05, 3.63) is 102 Å². The fourth-order valence-corrected chi connectivity index (χ4v) is 3.65. The molecule has 7 heteroatoms. The van der Waals surface area contributed by atoms with Gasteiger partial charge in [-0.3, -0.25) is 9.63 Å². The Morgan fingerprint density at radius 2 is 1.65 bits per heavy atom. The summed E-state index contributed by atoms with van der Waals surface area (Å²) in [7, 11) is 4.55. The second kappa shape index (κ2) is 9.64. The molecule has 172 valence electrons. The number of hydrogen-bond donors (Lipinski definition) is 2. The van der Waals surface area contributed by atoms with Crippen molar-refractivity contribution >= 4 is 34.0 Å². The van der Waals surface area contributed by atoms with E-state index in [1.165, 1.54) is 7.11 Å². The van der Waals surface area contributed by atoms with Crippen LogP contribution in [0.25, 0.3) is 16.7 Å². The molecule has 0 saturated carbocycles. The number of aromatic amines is 1. The minimum Gasteiger partial charge on any atom is -0.497 e. The van der Waals surface area contributed by atoms with Gasteiger partial charge >= 0.3 is 0 Å². The molecule has 34 heavy (non-hydrogen) atoms. The van der Waals surface area contributed by atoms with E-state index in [2.05, 4.69) is 11.6 Å². The van der Waals surface area contributed by atoms with Gasteiger partial charge in [-0.15, -0.1) is 0 Å². The summed E-state index contributed by atoms with van der Waals surface area (Å²) in [5.74, 6) is 0.276. The van der Waals surface area contributed by atoms with Gasteiger partial charge in [-0.1, -0.05) is 49.0 Å². The summed E-state index contributed by atoms with van der Waals surface area (Å²) in [5, 5.41) is 12.8. The molecule has 3 aromatic carbocycles. The number of hydroxylamine groups is 2. The Kier molecular flexibility index (Phi) is 6.47. The SMILES string of the molecule is C=C(OC)c1ccc2c(C(=Nc3ccc(C(=O)N(C)OC)cc3)c3ccccc3)c(O)[nH]c2c1. The highest BCUT2D eigenvalue weighted by atomic mass is 16.7. The van der Waals surface area contributed by atoms with E-state index < -0.39 is 0 Å². The average Bonchev–Trinajstić information content (AvgIpc) is 3.21. The van der Waals surface area contributed by atoms with Gasteiger partial charge in [0.05, 0.1) is 31.2 Å². The minimum atomic E-state index is -0.260. The van der Waals surface area contributed by atoms with Crippen LogP contribution in [-0.2, 0) is 9.57 Å². The second-order valence-electron chi connectivity index (χ2n) is 7.59. The molecule has 4 rings (SSSR count). The standard InChI is InChI=1S/C27H25N3O4/c1-17(33-3)20-12-15-22-23(16-20)29-26(31)24(22)25(18-8-6-5-7-9-18)28-21-13-10-19(11-14-21)27(32)30(2)34-4/h5-16,29,31H,1H2,2-4H3. The molecule has 0 saturated heterocycles. The van der Waals surface area contributed by atoms with E-state index >= 15 is 0 Å². The van der Waals surface area contributed by atoms with Gasteiger partial charge in [-0.2, -0.15) is 0 Å². The predicted octanol–water partition coefficient (Wildman–Crippen LogP) is 5.29. The van der Waals surface area contributed by atoms with Crippen LogP contribution in [0.1, 0.15) is 27.0 Å². The molecule has 0 bridgehead atoms. The van der Waals surface area contributed by atoms with Crippen LogP contribution in [0.5, 0.6) is 5.88 Å².